The predicted molar refractivity (Wildman–Crippen MR) is 44.4 cm³/mol. The maximum atomic E-state index is 5.24. The molecule has 0 aromatic heterocycles. The largest absolute Gasteiger partial charge is 0.467 e. The smallest absolute Gasteiger partial charge is 0.189 e. The zero-order valence-corrected chi connectivity index (χ0v) is 7.43. The van der Waals surface area contributed by atoms with Crippen molar-refractivity contribution < 1.29 is 9.47 Å². The molecule has 2 rings (SSSR count). The van der Waals surface area contributed by atoms with Gasteiger partial charge in [-0.05, 0) is 18.2 Å². The molecule has 0 radical (unpaired) electrons. The molecule has 1 aromatic rings. The van der Waals surface area contributed by atoms with Crippen LogP contribution in [0.25, 0.3) is 0 Å². The highest BCUT2D eigenvalue weighted by atomic mass is 79.9. The molecule has 11 heavy (non-hydrogen) atoms. The first-order chi connectivity index (χ1) is 5.36. The summed E-state index contributed by atoms with van der Waals surface area (Å²) in [4.78, 5) is 0. The lowest BCUT2D eigenvalue weighted by Crippen LogP contribution is -2.10. The van der Waals surface area contributed by atoms with E-state index in [9.17, 15) is 0 Å². The van der Waals surface area contributed by atoms with E-state index in [-0.39, 0.29) is 0 Å². The van der Waals surface area contributed by atoms with Crippen molar-refractivity contribution >= 4 is 15.9 Å². The van der Waals surface area contributed by atoms with Crippen molar-refractivity contribution in [2.45, 2.75) is 6.61 Å². The van der Waals surface area contributed by atoms with Crippen molar-refractivity contribution in [1.29, 1.82) is 0 Å². The summed E-state index contributed by atoms with van der Waals surface area (Å²) in [6.45, 7) is 1.02. The van der Waals surface area contributed by atoms with Gasteiger partial charge in [0.25, 0.3) is 0 Å². The minimum absolute atomic E-state index is 0.370. The number of rotatable bonds is 0. The second-order valence-corrected chi connectivity index (χ2v) is 3.28. The minimum atomic E-state index is 0.370. The van der Waals surface area contributed by atoms with Gasteiger partial charge in [0, 0.05) is 10.0 Å². The zero-order chi connectivity index (χ0) is 7.68. The fraction of sp³-hybridized carbons (Fsp3) is 0.250. The minimum Gasteiger partial charge on any atom is -0.467 e. The molecule has 1 aliphatic heterocycles. The first-order valence-corrected chi connectivity index (χ1v) is 4.14. The third-order valence-corrected chi connectivity index (χ3v) is 2.07. The van der Waals surface area contributed by atoms with Gasteiger partial charge in [0.15, 0.2) is 6.79 Å². The van der Waals surface area contributed by atoms with Crippen LogP contribution < -0.4 is 4.74 Å². The van der Waals surface area contributed by atoms with Gasteiger partial charge in [0.1, 0.15) is 5.75 Å². The van der Waals surface area contributed by atoms with Crippen LogP contribution in [-0.2, 0) is 11.3 Å². The van der Waals surface area contributed by atoms with Crippen LogP contribution in [0.5, 0.6) is 5.75 Å². The number of hydrogen-bond donors (Lipinski definition) is 0. The van der Waals surface area contributed by atoms with Gasteiger partial charge in [-0.25, -0.2) is 0 Å². The highest BCUT2D eigenvalue weighted by molar-refractivity contribution is 9.10. The van der Waals surface area contributed by atoms with Crippen molar-refractivity contribution in [2.75, 3.05) is 6.79 Å². The van der Waals surface area contributed by atoms with E-state index in [1.165, 1.54) is 0 Å². The van der Waals surface area contributed by atoms with Crippen LogP contribution in [0.1, 0.15) is 5.56 Å². The van der Waals surface area contributed by atoms with E-state index >= 15 is 0 Å². The van der Waals surface area contributed by atoms with Crippen LogP contribution in [0.4, 0.5) is 0 Å². The Morgan fingerprint density at radius 1 is 1.36 bits per heavy atom. The predicted octanol–water partition coefficient (Wildman–Crippen LogP) is 2.32. The van der Waals surface area contributed by atoms with Crippen molar-refractivity contribution in [3.63, 3.8) is 0 Å². The first kappa shape index (κ1) is 7.13. The molecule has 1 aliphatic rings. The summed E-state index contributed by atoms with van der Waals surface area (Å²) in [5, 5.41) is 0. The number of halogens is 1. The summed E-state index contributed by atoms with van der Waals surface area (Å²) in [5.74, 6) is 0.930. The van der Waals surface area contributed by atoms with Gasteiger partial charge in [-0.2, -0.15) is 0 Å². The average molecular weight is 215 g/mol. The Morgan fingerprint density at radius 3 is 3.18 bits per heavy atom. The lowest BCUT2D eigenvalue weighted by atomic mass is 10.2. The number of hydrogen-bond acceptors (Lipinski definition) is 2. The van der Waals surface area contributed by atoms with E-state index in [4.69, 9.17) is 9.47 Å². The number of fused-ring (bicyclic) bond motifs is 1. The van der Waals surface area contributed by atoms with Crippen LogP contribution in [0.2, 0.25) is 0 Å². The monoisotopic (exact) mass is 214 g/mol. The Hall–Kier alpha value is -0.540. The molecule has 1 aromatic carbocycles. The van der Waals surface area contributed by atoms with E-state index in [1.54, 1.807) is 0 Å². The summed E-state index contributed by atoms with van der Waals surface area (Å²) in [7, 11) is 0. The maximum Gasteiger partial charge on any atom is 0.189 e. The first-order valence-electron chi connectivity index (χ1n) is 3.35. The molecule has 0 fully saturated rings. The quantitative estimate of drug-likeness (QED) is 0.661. The second kappa shape index (κ2) is 2.83. The highest BCUT2D eigenvalue weighted by Crippen LogP contribution is 2.26. The fourth-order valence-corrected chi connectivity index (χ4v) is 1.47. The molecular formula is C8H7BrO2. The van der Waals surface area contributed by atoms with Crippen LogP contribution in [0.15, 0.2) is 22.7 Å². The van der Waals surface area contributed by atoms with Gasteiger partial charge >= 0.3 is 0 Å². The average Bonchev–Trinajstić information content (AvgIpc) is 2.04. The Labute approximate surface area is 73.3 Å². The molecular weight excluding hydrogens is 208 g/mol. The molecule has 1 heterocycles. The molecule has 0 saturated carbocycles. The molecule has 0 aliphatic carbocycles. The third kappa shape index (κ3) is 1.39. The molecule has 0 unspecified atom stereocenters. The second-order valence-electron chi connectivity index (χ2n) is 2.36. The molecule has 2 nitrogen and oxygen atoms in total. The summed E-state index contributed by atoms with van der Waals surface area (Å²) >= 11 is 3.38. The van der Waals surface area contributed by atoms with Crippen LogP contribution in [0.3, 0.4) is 0 Å². The van der Waals surface area contributed by atoms with Gasteiger partial charge in [-0.15, -0.1) is 0 Å². The Balaban J connectivity index is 2.43. The van der Waals surface area contributed by atoms with E-state index in [0.29, 0.717) is 13.4 Å². The Bertz CT molecular complexity index is 273. The topological polar surface area (TPSA) is 18.5 Å². The molecule has 0 saturated heterocycles. The maximum absolute atomic E-state index is 5.24. The van der Waals surface area contributed by atoms with Gasteiger partial charge in [-0.3, -0.25) is 0 Å². The van der Waals surface area contributed by atoms with E-state index in [0.717, 1.165) is 15.8 Å². The highest BCUT2D eigenvalue weighted by Gasteiger charge is 2.09. The standard InChI is InChI=1S/C8H7BrO2/c9-7-1-2-8-6(3-7)4-10-5-11-8/h1-3H,4-5H2. The summed E-state index contributed by atoms with van der Waals surface area (Å²) in [5.41, 5.74) is 1.10. The SMILES string of the molecule is Brc1ccc2c(c1)COCO2. The molecule has 0 atom stereocenters. The van der Waals surface area contributed by atoms with Crippen LogP contribution in [0, 0.1) is 0 Å². The van der Waals surface area contributed by atoms with Crippen molar-refractivity contribution in [3.8, 4) is 5.75 Å². The Morgan fingerprint density at radius 2 is 2.27 bits per heavy atom. The molecule has 0 spiro atoms. The Kier molecular flexibility index (Phi) is 1.84. The van der Waals surface area contributed by atoms with Crippen molar-refractivity contribution in [3.05, 3.63) is 28.2 Å². The normalized spacial score (nSPS) is 15.4. The summed E-state index contributed by atoms with van der Waals surface area (Å²) in [6, 6.07) is 5.92. The van der Waals surface area contributed by atoms with Gasteiger partial charge < -0.3 is 9.47 Å². The molecule has 58 valence electrons. The molecule has 0 amide bonds. The van der Waals surface area contributed by atoms with Gasteiger partial charge in [-0.1, -0.05) is 15.9 Å². The van der Waals surface area contributed by atoms with Crippen LogP contribution >= 0.6 is 15.9 Å². The zero-order valence-electron chi connectivity index (χ0n) is 5.84. The van der Waals surface area contributed by atoms with Crippen molar-refractivity contribution in [2.24, 2.45) is 0 Å². The van der Waals surface area contributed by atoms with Crippen LogP contribution in [-0.4, -0.2) is 6.79 Å². The van der Waals surface area contributed by atoms with E-state index in [1.807, 2.05) is 18.2 Å². The van der Waals surface area contributed by atoms with Gasteiger partial charge in [0.2, 0.25) is 0 Å². The molecule has 0 N–H and O–H groups in total. The van der Waals surface area contributed by atoms with Gasteiger partial charge in [0.05, 0.1) is 6.61 Å². The lowest BCUT2D eigenvalue weighted by molar-refractivity contribution is -0.0164. The fourth-order valence-electron chi connectivity index (χ4n) is 1.06. The molecule has 3 heteroatoms. The summed E-state index contributed by atoms with van der Waals surface area (Å²) < 4.78 is 11.4. The van der Waals surface area contributed by atoms with Crippen molar-refractivity contribution in [1.82, 2.24) is 0 Å². The van der Waals surface area contributed by atoms with E-state index < -0.39 is 0 Å². The number of ether oxygens (including phenoxy) is 2. The summed E-state index contributed by atoms with van der Waals surface area (Å²) in [6.07, 6.45) is 0. The lowest BCUT2D eigenvalue weighted by Gasteiger charge is -2.17. The third-order valence-electron chi connectivity index (χ3n) is 1.58. The van der Waals surface area contributed by atoms with E-state index in [2.05, 4.69) is 15.9 Å². The number of benzene rings is 1. The molecule has 0 bridgehead atoms.